The molecular formula is C11H14BrFO3S. The van der Waals surface area contributed by atoms with E-state index < -0.39 is 25.4 Å². The Morgan fingerprint density at radius 2 is 2.12 bits per heavy atom. The molecule has 0 aliphatic rings. The van der Waals surface area contributed by atoms with Crippen molar-refractivity contribution in [3.8, 4) is 0 Å². The van der Waals surface area contributed by atoms with Gasteiger partial charge in [-0.25, -0.2) is 12.8 Å². The Morgan fingerprint density at radius 1 is 1.53 bits per heavy atom. The number of hydrogen-bond acceptors (Lipinski definition) is 3. The third kappa shape index (κ3) is 2.86. The maximum Gasteiger partial charge on any atom is 0.166 e. The van der Waals surface area contributed by atoms with Gasteiger partial charge in [-0.1, -0.05) is 35.0 Å². The van der Waals surface area contributed by atoms with Gasteiger partial charge in [0.05, 0.1) is 0 Å². The van der Waals surface area contributed by atoms with Crippen molar-refractivity contribution < 1.29 is 17.9 Å². The van der Waals surface area contributed by atoms with Gasteiger partial charge in [0.1, 0.15) is 11.9 Å². The highest BCUT2D eigenvalue weighted by Crippen LogP contribution is 2.41. The highest BCUT2D eigenvalue weighted by molar-refractivity contribution is 9.11. The average molecular weight is 325 g/mol. The monoisotopic (exact) mass is 324 g/mol. The molecule has 17 heavy (non-hydrogen) atoms. The molecule has 6 heteroatoms. The Morgan fingerprint density at radius 3 is 2.53 bits per heavy atom. The lowest BCUT2D eigenvalue weighted by Gasteiger charge is -2.29. The molecule has 0 heterocycles. The number of halogens is 2. The number of aliphatic hydroxyl groups is 1. The summed E-state index contributed by atoms with van der Waals surface area (Å²) in [6, 6.07) is 5.28. The highest BCUT2D eigenvalue weighted by atomic mass is 79.9. The van der Waals surface area contributed by atoms with Crippen molar-refractivity contribution in [2.24, 2.45) is 0 Å². The Bertz CT molecular complexity index is 503. The van der Waals surface area contributed by atoms with Gasteiger partial charge in [0.2, 0.25) is 0 Å². The highest BCUT2D eigenvalue weighted by Gasteiger charge is 2.44. The van der Waals surface area contributed by atoms with Crippen LogP contribution >= 0.6 is 15.9 Å². The molecule has 0 aliphatic carbocycles. The number of alkyl halides is 1. The molecule has 1 aromatic rings. The molecule has 96 valence electrons. The summed E-state index contributed by atoms with van der Waals surface area (Å²) >= 11 is 3.07. The van der Waals surface area contributed by atoms with Gasteiger partial charge in [-0.15, -0.1) is 0 Å². The third-order valence-corrected chi connectivity index (χ3v) is 7.17. The lowest BCUT2D eigenvalue weighted by atomic mass is 10.0. The summed E-state index contributed by atoms with van der Waals surface area (Å²) in [5, 5.41) is 10.1. The van der Waals surface area contributed by atoms with E-state index in [1.54, 1.807) is 6.92 Å². The second-order valence-electron chi connectivity index (χ2n) is 3.87. The third-order valence-electron chi connectivity index (χ3n) is 2.67. The van der Waals surface area contributed by atoms with Crippen molar-refractivity contribution in [3.05, 3.63) is 35.6 Å². The maximum absolute atomic E-state index is 13.0. The van der Waals surface area contributed by atoms with E-state index in [0.717, 1.165) is 12.3 Å². The molecule has 0 bridgehead atoms. The summed E-state index contributed by atoms with van der Waals surface area (Å²) in [5.41, 5.74) is 0.231. The standard InChI is InChI=1S/C11H14BrFO3S/c1-3-11(12,17(2,15)16)10(14)8-5-4-6-9(13)7-8/h4-7,10,14H,3H2,1-2H3/t10-,11+/m1/s1. The van der Waals surface area contributed by atoms with Crippen LogP contribution < -0.4 is 0 Å². The van der Waals surface area contributed by atoms with Crippen LogP contribution in [-0.4, -0.2) is 23.4 Å². The number of hydrogen-bond donors (Lipinski definition) is 1. The first-order valence-corrected chi connectivity index (χ1v) is 7.73. The zero-order chi connectivity index (χ0) is 13.3. The average Bonchev–Trinajstić information content (AvgIpc) is 2.25. The molecule has 0 amide bonds. The van der Waals surface area contributed by atoms with Gasteiger partial charge in [0.25, 0.3) is 0 Å². The van der Waals surface area contributed by atoms with E-state index in [-0.39, 0.29) is 12.0 Å². The molecule has 0 aliphatic heterocycles. The first-order valence-electron chi connectivity index (χ1n) is 5.04. The van der Waals surface area contributed by atoms with E-state index in [9.17, 15) is 17.9 Å². The Balaban J connectivity index is 3.24. The van der Waals surface area contributed by atoms with Gasteiger partial charge in [-0.2, -0.15) is 0 Å². The van der Waals surface area contributed by atoms with Gasteiger partial charge in [-0.3, -0.25) is 0 Å². The van der Waals surface area contributed by atoms with Crippen molar-refractivity contribution >= 4 is 25.8 Å². The fraction of sp³-hybridized carbons (Fsp3) is 0.455. The number of aliphatic hydroxyl groups excluding tert-OH is 1. The Hall–Kier alpha value is -0.460. The van der Waals surface area contributed by atoms with E-state index >= 15 is 0 Å². The van der Waals surface area contributed by atoms with E-state index in [2.05, 4.69) is 15.9 Å². The number of rotatable bonds is 4. The SMILES string of the molecule is CC[C@@](Br)([C@H](O)c1cccc(F)c1)S(C)(=O)=O. The van der Waals surface area contributed by atoms with Crippen LogP contribution in [0.15, 0.2) is 24.3 Å². The lowest BCUT2D eigenvalue weighted by Crippen LogP contribution is -2.37. The van der Waals surface area contributed by atoms with Crippen LogP contribution in [0.1, 0.15) is 25.0 Å². The Labute approximate surface area is 109 Å². The minimum atomic E-state index is -3.53. The predicted octanol–water partition coefficient (Wildman–Crippen LogP) is 2.40. The number of benzene rings is 1. The van der Waals surface area contributed by atoms with Crippen LogP contribution in [0.4, 0.5) is 4.39 Å². The van der Waals surface area contributed by atoms with Crippen molar-refractivity contribution in [1.29, 1.82) is 0 Å². The van der Waals surface area contributed by atoms with Crippen molar-refractivity contribution in [2.45, 2.75) is 23.1 Å². The van der Waals surface area contributed by atoms with Crippen molar-refractivity contribution in [2.75, 3.05) is 6.26 Å². The molecular weight excluding hydrogens is 311 g/mol. The minimum Gasteiger partial charge on any atom is -0.386 e. The lowest BCUT2D eigenvalue weighted by molar-refractivity contribution is 0.160. The molecule has 1 rings (SSSR count). The summed E-state index contributed by atoms with van der Waals surface area (Å²) in [7, 11) is -3.53. The Kier molecular flexibility index (Phi) is 4.33. The van der Waals surface area contributed by atoms with E-state index in [1.807, 2.05) is 0 Å². The predicted molar refractivity (Wildman–Crippen MR) is 68.2 cm³/mol. The van der Waals surface area contributed by atoms with Gasteiger partial charge in [0.15, 0.2) is 13.5 Å². The van der Waals surface area contributed by atoms with Gasteiger partial charge in [-0.05, 0) is 24.1 Å². The van der Waals surface area contributed by atoms with Crippen LogP contribution in [-0.2, 0) is 9.84 Å². The fourth-order valence-electron chi connectivity index (χ4n) is 1.58. The molecule has 0 aromatic heterocycles. The smallest absolute Gasteiger partial charge is 0.166 e. The fourth-order valence-corrected chi connectivity index (χ4v) is 2.91. The van der Waals surface area contributed by atoms with Crippen LogP contribution in [0.5, 0.6) is 0 Å². The van der Waals surface area contributed by atoms with Gasteiger partial charge in [0, 0.05) is 6.26 Å². The normalized spacial score (nSPS) is 17.5. The summed E-state index contributed by atoms with van der Waals surface area (Å²) in [6.07, 6.45) is -0.115. The van der Waals surface area contributed by atoms with Crippen molar-refractivity contribution in [1.82, 2.24) is 0 Å². The molecule has 1 N–H and O–H groups in total. The van der Waals surface area contributed by atoms with Crippen LogP contribution in [0.2, 0.25) is 0 Å². The summed E-state index contributed by atoms with van der Waals surface area (Å²) < 4.78 is 34.9. The second-order valence-corrected chi connectivity index (χ2v) is 8.08. The number of sulfone groups is 1. The first-order chi connectivity index (χ1) is 7.72. The van der Waals surface area contributed by atoms with Gasteiger partial charge < -0.3 is 5.11 Å². The zero-order valence-corrected chi connectivity index (χ0v) is 11.9. The molecule has 0 spiro atoms. The van der Waals surface area contributed by atoms with Crippen LogP contribution in [0.25, 0.3) is 0 Å². The van der Waals surface area contributed by atoms with Crippen molar-refractivity contribution in [3.63, 3.8) is 0 Å². The second kappa shape index (κ2) is 5.04. The molecule has 2 atom stereocenters. The first kappa shape index (κ1) is 14.6. The van der Waals surface area contributed by atoms with E-state index in [4.69, 9.17) is 0 Å². The zero-order valence-electron chi connectivity index (χ0n) is 9.52. The largest absolute Gasteiger partial charge is 0.386 e. The van der Waals surface area contributed by atoms with Crippen LogP contribution in [0.3, 0.4) is 0 Å². The quantitative estimate of drug-likeness (QED) is 0.865. The summed E-state index contributed by atoms with van der Waals surface area (Å²) in [4.78, 5) is 0. The van der Waals surface area contributed by atoms with Gasteiger partial charge >= 0.3 is 0 Å². The molecule has 0 saturated carbocycles. The molecule has 0 fully saturated rings. The van der Waals surface area contributed by atoms with E-state index in [1.165, 1.54) is 18.2 Å². The topological polar surface area (TPSA) is 54.4 Å². The molecule has 3 nitrogen and oxygen atoms in total. The molecule has 0 saturated heterocycles. The molecule has 0 radical (unpaired) electrons. The minimum absolute atomic E-state index is 0.170. The molecule has 0 unspecified atom stereocenters. The maximum atomic E-state index is 13.0. The van der Waals surface area contributed by atoms with Crippen LogP contribution in [0, 0.1) is 5.82 Å². The molecule has 1 aromatic carbocycles. The summed E-state index contributed by atoms with van der Waals surface area (Å²) in [6.45, 7) is 1.64. The summed E-state index contributed by atoms with van der Waals surface area (Å²) in [5.74, 6) is -0.513. The van der Waals surface area contributed by atoms with E-state index in [0.29, 0.717) is 0 Å².